The molecule has 2 aromatic rings. The molecular weight excluding hydrogens is 306 g/mol. The summed E-state index contributed by atoms with van der Waals surface area (Å²) in [4.78, 5) is 12.9. The minimum absolute atomic E-state index is 0.00219. The first-order valence-corrected chi connectivity index (χ1v) is 7.77. The molecule has 0 saturated heterocycles. The van der Waals surface area contributed by atoms with E-state index in [1.165, 1.54) is 18.1 Å². The van der Waals surface area contributed by atoms with Gasteiger partial charge in [-0.1, -0.05) is 6.07 Å². The van der Waals surface area contributed by atoms with Crippen LogP contribution in [0.5, 0.6) is 0 Å². The van der Waals surface area contributed by atoms with E-state index in [1.807, 2.05) is 30.3 Å². The number of nitrogens with zero attached hydrogens (tertiary/aromatic N) is 1. The summed E-state index contributed by atoms with van der Waals surface area (Å²) in [5.41, 5.74) is 5.13. The molecule has 0 spiro atoms. The average Bonchev–Trinajstić information content (AvgIpc) is 2.51. The molecule has 0 unspecified atom stereocenters. The molecule has 0 aliphatic heterocycles. The van der Waals surface area contributed by atoms with Crippen LogP contribution in [-0.4, -0.2) is 18.1 Å². The second-order valence-corrected chi connectivity index (χ2v) is 5.91. The smallest absolute Gasteiger partial charge is 0.223 e. The highest BCUT2D eigenvalue weighted by molar-refractivity contribution is 7.80. The van der Waals surface area contributed by atoms with Gasteiger partial charge in [-0.25, -0.2) is 0 Å². The third kappa shape index (κ3) is 4.53. The summed E-state index contributed by atoms with van der Waals surface area (Å²) in [7, 11) is 1.75. The van der Waals surface area contributed by atoms with E-state index in [-0.39, 0.29) is 5.91 Å². The molecule has 0 bridgehead atoms. The molecule has 2 N–H and O–H groups in total. The van der Waals surface area contributed by atoms with Crippen molar-refractivity contribution in [1.29, 1.82) is 0 Å². The molecule has 0 radical (unpaired) electrons. The Bertz CT molecular complexity index is 726. The van der Waals surface area contributed by atoms with Crippen molar-refractivity contribution in [2.75, 3.05) is 22.6 Å². The van der Waals surface area contributed by atoms with Gasteiger partial charge in [-0.2, -0.15) is 0 Å². The van der Waals surface area contributed by atoms with E-state index in [0.29, 0.717) is 5.11 Å². The van der Waals surface area contributed by atoms with E-state index in [1.54, 1.807) is 11.9 Å². The van der Waals surface area contributed by atoms with Gasteiger partial charge in [0.25, 0.3) is 0 Å². The van der Waals surface area contributed by atoms with E-state index >= 15 is 0 Å². The lowest BCUT2D eigenvalue weighted by Crippen LogP contribution is -2.23. The Morgan fingerprint density at radius 1 is 0.957 bits per heavy atom. The lowest BCUT2D eigenvalue weighted by Gasteiger charge is -2.16. The number of benzene rings is 2. The average molecular weight is 327 g/mol. The van der Waals surface area contributed by atoms with Gasteiger partial charge in [0.2, 0.25) is 5.91 Å². The number of anilines is 3. The van der Waals surface area contributed by atoms with Gasteiger partial charge in [0, 0.05) is 31.0 Å². The lowest BCUT2D eigenvalue weighted by molar-refractivity contribution is -0.116. The number of aryl methyl sites for hydroxylation is 2. The van der Waals surface area contributed by atoms with Gasteiger partial charge >= 0.3 is 0 Å². The topological polar surface area (TPSA) is 44.4 Å². The van der Waals surface area contributed by atoms with Crippen LogP contribution in [0.1, 0.15) is 18.1 Å². The molecule has 4 nitrogen and oxygen atoms in total. The Morgan fingerprint density at radius 3 is 2.09 bits per heavy atom. The highest BCUT2D eigenvalue weighted by Crippen LogP contribution is 2.18. The van der Waals surface area contributed by atoms with E-state index < -0.39 is 0 Å². The van der Waals surface area contributed by atoms with Gasteiger partial charge in [-0.05, 0) is 73.6 Å². The van der Waals surface area contributed by atoms with Gasteiger partial charge in [0.15, 0.2) is 5.11 Å². The first-order chi connectivity index (χ1) is 10.9. The van der Waals surface area contributed by atoms with Crippen molar-refractivity contribution in [1.82, 2.24) is 0 Å². The number of amides is 1. The molecule has 0 aliphatic rings. The zero-order valence-electron chi connectivity index (χ0n) is 13.8. The van der Waals surface area contributed by atoms with E-state index in [4.69, 9.17) is 12.2 Å². The van der Waals surface area contributed by atoms with E-state index in [9.17, 15) is 4.79 Å². The minimum Gasteiger partial charge on any atom is -0.332 e. The molecule has 0 atom stereocenters. The summed E-state index contributed by atoms with van der Waals surface area (Å²) in [5, 5.41) is 6.84. The number of hydrogen-bond acceptors (Lipinski definition) is 2. The SMILES string of the molecule is CC(=O)N(C)c1ccc(NC(=S)Nc2ccc(C)c(C)c2)cc1. The quantitative estimate of drug-likeness (QED) is 0.833. The molecule has 2 rings (SSSR count). The molecule has 0 fully saturated rings. The van der Waals surface area contributed by atoms with E-state index in [0.717, 1.165) is 17.1 Å². The van der Waals surface area contributed by atoms with Gasteiger partial charge < -0.3 is 15.5 Å². The molecule has 23 heavy (non-hydrogen) atoms. The Kier molecular flexibility index (Phi) is 5.34. The van der Waals surface area contributed by atoms with Gasteiger partial charge in [-0.3, -0.25) is 4.79 Å². The lowest BCUT2D eigenvalue weighted by atomic mass is 10.1. The van der Waals surface area contributed by atoms with Crippen LogP contribution in [0.3, 0.4) is 0 Å². The molecule has 2 aromatic carbocycles. The highest BCUT2D eigenvalue weighted by atomic mass is 32.1. The predicted molar refractivity (Wildman–Crippen MR) is 101 cm³/mol. The van der Waals surface area contributed by atoms with Crippen molar-refractivity contribution in [3.05, 3.63) is 53.6 Å². The van der Waals surface area contributed by atoms with Crippen LogP contribution in [0.2, 0.25) is 0 Å². The maximum Gasteiger partial charge on any atom is 0.223 e. The number of hydrogen-bond donors (Lipinski definition) is 2. The number of carbonyl (C=O) groups excluding carboxylic acids is 1. The largest absolute Gasteiger partial charge is 0.332 e. The number of carbonyl (C=O) groups is 1. The molecular formula is C18H21N3OS. The van der Waals surface area contributed by atoms with Crippen molar-refractivity contribution in [2.45, 2.75) is 20.8 Å². The minimum atomic E-state index is -0.00219. The van der Waals surface area contributed by atoms with Gasteiger partial charge in [0.05, 0.1) is 0 Å². The Labute approximate surface area is 142 Å². The first-order valence-electron chi connectivity index (χ1n) is 7.36. The standard InChI is InChI=1S/C18H21N3OS/c1-12-5-6-16(11-13(12)2)20-18(23)19-15-7-9-17(10-8-15)21(4)14(3)22/h5-11H,1-4H3,(H2,19,20,23). The highest BCUT2D eigenvalue weighted by Gasteiger charge is 2.05. The van der Waals surface area contributed by atoms with Crippen molar-refractivity contribution < 1.29 is 4.79 Å². The summed E-state index contributed by atoms with van der Waals surface area (Å²) < 4.78 is 0. The predicted octanol–water partition coefficient (Wildman–Crippen LogP) is 4.10. The molecule has 0 heterocycles. The van der Waals surface area contributed by atoms with Crippen LogP contribution >= 0.6 is 12.2 Å². The molecule has 0 aliphatic carbocycles. The maximum atomic E-state index is 11.3. The van der Waals surface area contributed by atoms with Crippen molar-refractivity contribution in [3.8, 4) is 0 Å². The zero-order valence-corrected chi connectivity index (χ0v) is 14.6. The molecule has 5 heteroatoms. The molecule has 1 amide bonds. The fraction of sp³-hybridized carbons (Fsp3) is 0.222. The zero-order chi connectivity index (χ0) is 17.0. The van der Waals surface area contributed by atoms with Gasteiger partial charge in [-0.15, -0.1) is 0 Å². The summed E-state index contributed by atoms with van der Waals surface area (Å²) in [6.45, 7) is 5.69. The molecule has 0 saturated carbocycles. The Morgan fingerprint density at radius 2 is 1.52 bits per heavy atom. The van der Waals surface area contributed by atoms with Crippen molar-refractivity contribution >= 4 is 40.3 Å². The van der Waals surface area contributed by atoms with Crippen LogP contribution in [0.25, 0.3) is 0 Å². The summed E-state index contributed by atoms with van der Waals surface area (Å²) in [6.07, 6.45) is 0. The maximum absolute atomic E-state index is 11.3. The normalized spacial score (nSPS) is 10.1. The third-order valence-corrected chi connectivity index (χ3v) is 3.95. The van der Waals surface area contributed by atoms with Crippen molar-refractivity contribution in [2.24, 2.45) is 0 Å². The summed E-state index contributed by atoms with van der Waals surface area (Å²) in [5.74, 6) is -0.00219. The monoisotopic (exact) mass is 327 g/mol. The number of rotatable bonds is 3. The van der Waals surface area contributed by atoms with E-state index in [2.05, 4.69) is 36.6 Å². The fourth-order valence-corrected chi connectivity index (χ4v) is 2.30. The summed E-state index contributed by atoms with van der Waals surface area (Å²) >= 11 is 5.33. The first kappa shape index (κ1) is 17.0. The van der Waals surface area contributed by atoms with Crippen LogP contribution in [0.4, 0.5) is 17.1 Å². The number of nitrogens with one attached hydrogen (secondary N) is 2. The third-order valence-electron chi connectivity index (χ3n) is 3.75. The van der Waals surface area contributed by atoms with Crippen LogP contribution in [0, 0.1) is 13.8 Å². The van der Waals surface area contributed by atoms with Gasteiger partial charge in [0.1, 0.15) is 0 Å². The Hall–Kier alpha value is -2.40. The van der Waals surface area contributed by atoms with Crippen LogP contribution in [-0.2, 0) is 4.79 Å². The van der Waals surface area contributed by atoms with Crippen molar-refractivity contribution in [3.63, 3.8) is 0 Å². The van der Waals surface area contributed by atoms with Crippen LogP contribution < -0.4 is 15.5 Å². The number of thiocarbonyl (C=S) groups is 1. The second kappa shape index (κ2) is 7.24. The second-order valence-electron chi connectivity index (χ2n) is 5.50. The molecule has 0 aromatic heterocycles. The Balaban J connectivity index is 2.00. The summed E-state index contributed by atoms with van der Waals surface area (Å²) in [6, 6.07) is 13.7. The van der Waals surface area contributed by atoms with Crippen LogP contribution in [0.15, 0.2) is 42.5 Å². The fourth-order valence-electron chi connectivity index (χ4n) is 2.06. The molecule has 120 valence electrons.